The van der Waals surface area contributed by atoms with Crippen LogP contribution in [0, 0.1) is 0 Å². The van der Waals surface area contributed by atoms with Gasteiger partial charge in [-0.05, 0) is 32.1 Å². The van der Waals surface area contributed by atoms with E-state index in [1.165, 1.54) is 22.1 Å². The monoisotopic (exact) mass is 267 g/mol. The van der Waals surface area contributed by atoms with E-state index in [0.717, 1.165) is 38.8 Å². The van der Waals surface area contributed by atoms with Crippen molar-refractivity contribution in [1.29, 1.82) is 0 Å². The molecule has 2 heterocycles. The molecule has 1 fully saturated rings. The number of aryl methyl sites for hydroxylation is 1. The Hall–Kier alpha value is -0.650. The fraction of sp³-hybridized carbons (Fsp3) is 0.769. The third-order valence-electron chi connectivity index (χ3n) is 4.03. The number of aromatic nitrogens is 1. The van der Waals surface area contributed by atoms with Crippen LogP contribution in [0.3, 0.4) is 0 Å². The van der Waals surface area contributed by atoms with Gasteiger partial charge in [0.2, 0.25) is 0 Å². The number of nitrogens with zero attached hydrogens (tertiary/aromatic N) is 2. The van der Waals surface area contributed by atoms with E-state index in [1.807, 2.05) is 11.3 Å². The maximum atomic E-state index is 6.16. The van der Waals surface area contributed by atoms with E-state index >= 15 is 0 Å². The van der Waals surface area contributed by atoms with Crippen LogP contribution in [0.25, 0.3) is 0 Å². The predicted octanol–water partition coefficient (Wildman–Crippen LogP) is 2.09. The lowest BCUT2D eigenvalue weighted by Crippen LogP contribution is -2.36. The molecular formula is C13H21N3OS. The van der Waals surface area contributed by atoms with Crippen molar-refractivity contribution in [3.63, 3.8) is 0 Å². The minimum absolute atomic E-state index is 0.219. The van der Waals surface area contributed by atoms with Crippen molar-refractivity contribution in [2.75, 3.05) is 25.1 Å². The molecule has 0 radical (unpaired) electrons. The SMILES string of the molecule is COC1CCN(c2nc3c(s2)C(N)CCC3)CC1. The molecule has 1 aliphatic carbocycles. The number of anilines is 1. The van der Waals surface area contributed by atoms with Crippen LogP contribution >= 0.6 is 11.3 Å². The van der Waals surface area contributed by atoms with Gasteiger partial charge in [0.05, 0.1) is 11.8 Å². The van der Waals surface area contributed by atoms with Gasteiger partial charge in [0.25, 0.3) is 0 Å². The summed E-state index contributed by atoms with van der Waals surface area (Å²) in [5.74, 6) is 0. The van der Waals surface area contributed by atoms with Gasteiger partial charge in [-0.2, -0.15) is 0 Å². The van der Waals surface area contributed by atoms with Gasteiger partial charge < -0.3 is 15.4 Å². The minimum Gasteiger partial charge on any atom is -0.381 e. The van der Waals surface area contributed by atoms with E-state index in [1.54, 1.807) is 7.11 Å². The zero-order chi connectivity index (χ0) is 12.5. The molecule has 0 amide bonds. The van der Waals surface area contributed by atoms with Crippen molar-refractivity contribution in [3.8, 4) is 0 Å². The lowest BCUT2D eigenvalue weighted by molar-refractivity contribution is 0.0819. The summed E-state index contributed by atoms with van der Waals surface area (Å²) in [5.41, 5.74) is 7.42. The van der Waals surface area contributed by atoms with Crippen molar-refractivity contribution in [3.05, 3.63) is 10.6 Å². The Morgan fingerprint density at radius 2 is 2.11 bits per heavy atom. The average molecular weight is 267 g/mol. The molecule has 0 spiro atoms. The molecule has 1 saturated heterocycles. The first-order chi connectivity index (χ1) is 8.78. The van der Waals surface area contributed by atoms with Crippen LogP contribution in [-0.4, -0.2) is 31.3 Å². The second kappa shape index (κ2) is 5.15. The lowest BCUT2D eigenvalue weighted by Gasteiger charge is -2.30. The van der Waals surface area contributed by atoms with Crippen LogP contribution in [0.1, 0.15) is 42.3 Å². The lowest BCUT2D eigenvalue weighted by atomic mass is 9.99. The maximum Gasteiger partial charge on any atom is 0.185 e. The number of hydrogen-bond acceptors (Lipinski definition) is 5. The number of ether oxygens (including phenoxy) is 1. The molecule has 18 heavy (non-hydrogen) atoms. The molecule has 1 aliphatic heterocycles. The van der Waals surface area contributed by atoms with Gasteiger partial charge in [0.15, 0.2) is 5.13 Å². The van der Waals surface area contributed by atoms with E-state index in [9.17, 15) is 0 Å². The first kappa shape index (κ1) is 12.4. The molecular weight excluding hydrogens is 246 g/mol. The summed E-state index contributed by atoms with van der Waals surface area (Å²) in [6, 6.07) is 0.219. The van der Waals surface area contributed by atoms with Crippen LogP contribution in [-0.2, 0) is 11.2 Å². The van der Waals surface area contributed by atoms with E-state index in [0.29, 0.717) is 6.10 Å². The summed E-state index contributed by atoms with van der Waals surface area (Å²) in [6.07, 6.45) is 6.04. The first-order valence-electron chi connectivity index (χ1n) is 6.81. The Bertz CT molecular complexity index is 412. The van der Waals surface area contributed by atoms with Gasteiger partial charge in [0.1, 0.15) is 0 Å². The molecule has 2 aliphatic rings. The van der Waals surface area contributed by atoms with Crippen LogP contribution in [0.4, 0.5) is 5.13 Å². The number of methoxy groups -OCH3 is 1. The molecule has 4 nitrogen and oxygen atoms in total. The molecule has 0 saturated carbocycles. The number of piperidine rings is 1. The second-order valence-corrected chi connectivity index (χ2v) is 6.24. The van der Waals surface area contributed by atoms with Crippen molar-refractivity contribution in [2.24, 2.45) is 5.73 Å². The third-order valence-corrected chi connectivity index (χ3v) is 5.32. The highest BCUT2D eigenvalue weighted by atomic mass is 32.1. The Morgan fingerprint density at radius 1 is 1.33 bits per heavy atom. The van der Waals surface area contributed by atoms with E-state index in [4.69, 9.17) is 15.5 Å². The smallest absolute Gasteiger partial charge is 0.185 e. The number of hydrogen-bond donors (Lipinski definition) is 1. The van der Waals surface area contributed by atoms with Crippen molar-refractivity contribution >= 4 is 16.5 Å². The zero-order valence-electron chi connectivity index (χ0n) is 10.9. The second-order valence-electron chi connectivity index (χ2n) is 5.23. The molecule has 5 heteroatoms. The largest absolute Gasteiger partial charge is 0.381 e. The summed E-state index contributed by atoms with van der Waals surface area (Å²) >= 11 is 1.81. The summed E-state index contributed by atoms with van der Waals surface area (Å²) < 4.78 is 5.41. The summed E-state index contributed by atoms with van der Waals surface area (Å²) in [6.45, 7) is 2.11. The maximum absolute atomic E-state index is 6.16. The highest BCUT2D eigenvalue weighted by Crippen LogP contribution is 2.37. The number of nitrogens with two attached hydrogens (primary N) is 1. The number of thiazole rings is 1. The molecule has 1 atom stereocenters. The highest BCUT2D eigenvalue weighted by Gasteiger charge is 2.26. The van der Waals surface area contributed by atoms with Crippen LogP contribution < -0.4 is 10.6 Å². The van der Waals surface area contributed by atoms with Crippen molar-refractivity contribution in [1.82, 2.24) is 4.98 Å². The van der Waals surface area contributed by atoms with Gasteiger partial charge >= 0.3 is 0 Å². The number of rotatable bonds is 2. The normalized spacial score (nSPS) is 25.2. The van der Waals surface area contributed by atoms with Gasteiger partial charge in [-0.3, -0.25) is 0 Å². The van der Waals surface area contributed by atoms with Crippen LogP contribution in [0.2, 0.25) is 0 Å². The van der Waals surface area contributed by atoms with Gasteiger partial charge in [-0.1, -0.05) is 11.3 Å². The van der Waals surface area contributed by atoms with Crippen molar-refractivity contribution in [2.45, 2.75) is 44.2 Å². The van der Waals surface area contributed by atoms with Crippen LogP contribution in [0.5, 0.6) is 0 Å². The highest BCUT2D eigenvalue weighted by molar-refractivity contribution is 7.15. The Kier molecular flexibility index (Phi) is 3.54. The Labute approximate surface area is 112 Å². The van der Waals surface area contributed by atoms with Gasteiger partial charge in [-0.15, -0.1) is 0 Å². The molecule has 1 unspecified atom stereocenters. The molecule has 3 rings (SSSR count). The van der Waals surface area contributed by atoms with Crippen molar-refractivity contribution < 1.29 is 4.74 Å². The fourth-order valence-corrected chi connectivity index (χ4v) is 4.06. The zero-order valence-corrected chi connectivity index (χ0v) is 11.7. The molecule has 1 aromatic heterocycles. The quantitative estimate of drug-likeness (QED) is 0.891. The average Bonchev–Trinajstić information content (AvgIpc) is 2.84. The minimum atomic E-state index is 0.219. The van der Waals surface area contributed by atoms with E-state index in [2.05, 4.69) is 4.90 Å². The van der Waals surface area contributed by atoms with E-state index in [-0.39, 0.29) is 6.04 Å². The standard InChI is InChI=1S/C13H21N3OS/c1-17-9-5-7-16(8-6-9)13-15-11-4-2-3-10(14)12(11)18-13/h9-10H,2-8,14H2,1H3. The Morgan fingerprint density at radius 3 is 2.78 bits per heavy atom. The fourth-order valence-electron chi connectivity index (χ4n) is 2.86. The molecule has 100 valence electrons. The first-order valence-corrected chi connectivity index (χ1v) is 7.62. The molecule has 0 aromatic carbocycles. The van der Waals surface area contributed by atoms with Crippen LogP contribution in [0.15, 0.2) is 0 Å². The summed E-state index contributed by atoms with van der Waals surface area (Å²) in [7, 11) is 1.81. The predicted molar refractivity (Wildman–Crippen MR) is 74.2 cm³/mol. The molecule has 1 aromatic rings. The van der Waals surface area contributed by atoms with E-state index < -0.39 is 0 Å². The molecule has 0 bridgehead atoms. The third kappa shape index (κ3) is 2.27. The number of fused-ring (bicyclic) bond motifs is 1. The Balaban J connectivity index is 1.74. The van der Waals surface area contributed by atoms with Gasteiger partial charge in [0, 0.05) is 31.1 Å². The van der Waals surface area contributed by atoms with Gasteiger partial charge in [-0.25, -0.2) is 4.98 Å². The molecule has 2 N–H and O–H groups in total. The topological polar surface area (TPSA) is 51.4 Å². The summed E-state index contributed by atoms with van der Waals surface area (Å²) in [4.78, 5) is 8.52. The summed E-state index contributed by atoms with van der Waals surface area (Å²) in [5, 5.41) is 1.17.